The number of hydrogen-bond donors (Lipinski definition) is 2. The smallest absolute Gasteiger partial charge is 0.298 e. The fraction of sp³-hybridized carbons (Fsp3) is 0.273. The number of nitrogens with zero attached hydrogens (tertiary/aromatic N) is 7. The summed E-state index contributed by atoms with van der Waals surface area (Å²) >= 11 is 0. The van der Waals surface area contributed by atoms with E-state index in [1.807, 2.05) is 29.2 Å². The first-order valence-electron chi connectivity index (χ1n) is 10.6. The van der Waals surface area contributed by atoms with Crippen LogP contribution >= 0.6 is 0 Å². The monoisotopic (exact) mass is 461 g/mol. The van der Waals surface area contributed by atoms with Crippen molar-refractivity contribution in [3.8, 4) is 0 Å². The maximum Gasteiger partial charge on any atom is 0.298 e. The number of fused-ring (bicyclic) bond motifs is 1. The highest BCUT2D eigenvalue weighted by atomic mass is 16.4. The second kappa shape index (κ2) is 8.46. The molecule has 1 aromatic carbocycles. The van der Waals surface area contributed by atoms with Crippen molar-refractivity contribution < 1.29 is 14.0 Å². The van der Waals surface area contributed by atoms with Crippen LogP contribution in [0.3, 0.4) is 0 Å². The summed E-state index contributed by atoms with van der Waals surface area (Å²) in [6, 6.07) is 8.16. The normalized spacial score (nSPS) is 13.6. The molecule has 1 aliphatic rings. The second-order valence-electron chi connectivity index (χ2n) is 8.26. The summed E-state index contributed by atoms with van der Waals surface area (Å²) in [4.78, 5) is 40.8. The molecule has 174 valence electrons. The third kappa shape index (κ3) is 4.12. The lowest BCUT2D eigenvalue weighted by Crippen LogP contribution is -2.45. The fourth-order valence-electron chi connectivity index (χ4n) is 3.61. The average molecular weight is 461 g/mol. The number of benzene rings is 1. The first kappa shape index (κ1) is 21.4. The Hall–Kier alpha value is -4.48. The molecule has 5 rings (SSSR count). The van der Waals surface area contributed by atoms with Crippen molar-refractivity contribution in [1.29, 1.82) is 0 Å². The number of oxazole rings is 1. The molecule has 0 bridgehead atoms. The Bertz CT molecular complexity index is 1340. The van der Waals surface area contributed by atoms with E-state index < -0.39 is 5.91 Å². The zero-order valence-electron chi connectivity index (χ0n) is 18.7. The number of nitrogens with one attached hydrogen (secondary N) is 1. The molecule has 0 radical (unpaired) electrons. The van der Waals surface area contributed by atoms with Crippen LogP contribution in [0.1, 0.15) is 22.1 Å². The third-order valence-electron chi connectivity index (χ3n) is 5.57. The largest absolute Gasteiger partial charge is 0.423 e. The molecule has 0 atom stereocenters. The van der Waals surface area contributed by atoms with E-state index in [-0.39, 0.29) is 29.9 Å². The van der Waals surface area contributed by atoms with Gasteiger partial charge in [0.25, 0.3) is 11.9 Å². The molecule has 12 nitrogen and oxygen atoms in total. The van der Waals surface area contributed by atoms with E-state index >= 15 is 0 Å². The molecule has 1 aliphatic heterocycles. The van der Waals surface area contributed by atoms with Crippen molar-refractivity contribution in [2.45, 2.75) is 12.5 Å². The Labute approximate surface area is 194 Å². The first-order chi connectivity index (χ1) is 16.4. The Morgan fingerprint density at radius 2 is 2.00 bits per heavy atom. The average Bonchev–Trinajstić information content (AvgIpc) is 3.39. The number of primary amides is 1. The lowest BCUT2D eigenvalue weighted by molar-refractivity contribution is -0.129. The molecule has 0 unspecified atom stereocenters. The van der Waals surface area contributed by atoms with Gasteiger partial charge in [-0.15, -0.1) is 0 Å². The Morgan fingerprint density at radius 3 is 2.74 bits per heavy atom. The van der Waals surface area contributed by atoms with Crippen LogP contribution in [0, 0.1) is 0 Å². The van der Waals surface area contributed by atoms with Gasteiger partial charge in [0.05, 0.1) is 23.8 Å². The number of para-hydroxylation sites is 2. The second-order valence-corrected chi connectivity index (χ2v) is 8.26. The number of amides is 2. The number of carbonyl (C=O) groups is 2. The van der Waals surface area contributed by atoms with Crippen LogP contribution in [0.5, 0.6) is 0 Å². The van der Waals surface area contributed by atoms with Gasteiger partial charge in [0.15, 0.2) is 17.1 Å². The van der Waals surface area contributed by atoms with Crippen LogP contribution < -0.4 is 16.0 Å². The number of anilines is 3. The first-order valence-corrected chi connectivity index (χ1v) is 10.6. The van der Waals surface area contributed by atoms with E-state index in [1.54, 1.807) is 26.5 Å². The number of rotatable bonds is 7. The van der Waals surface area contributed by atoms with Gasteiger partial charge in [-0.25, -0.2) is 9.97 Å². The zero-order valence-corrected chi connectivity index (χ0v) is 18.7. The lowest BCUT2D eigenvalue weighted by Gasteiger charge is -2.37. The van der Waals surface area contributed by atoms with Gasteiger partial charge in [-0.1, -0.05) is 12.1 Å². The Balaban J connectivity index is 1.28. The van der Waals surface area contributed by atoms with E-state index in [0.717, 1.165) is 11.1 Å². The van der Waals surface area contributed by atoms with Crippen molar-refractivity contribution in [1.82, 2.24) is 29.6 Å². The van der Waals surface area contributed by atoms with Crippen LogP contribution in [0.4, 0.5) is 17.5 Å². The number of nitrogens with two attached hydrogens (primary N) is 1. The molecule has 4 heterocycles. The highest BCUT2D eigenvalue weighted by Crippen LogP contribution is 2.32. The van der Waals surface area contributed by atoms with Gasteiger partial charge in [-0.05, 0) is 12.1 Å². The van der Waals surface area contributed by atoms with Gasteiger partial charge in [-0.3, -0.25) is 14.3 Å². The summed E-state index contributed by atoms with van der Waals surface area (Å²) in [5.74, 6) is -0.495. The molecule has 0 saturated carbocycles. The topological polar surface area (TPSA) is 148 Å². The number of carbonyl (C=O) groups excluding carboxylic acids is 2. The molecule has 0 aliphatic carbocycles. The maximum atomic E-state index is 12.1. The molecule has 0 spiro atoms. The maximum absolute atomic E-state index is 12.1. The van der Waals surface area contributed by atoms with Crippen molar-refractivity contribution in [2.75, 3.05) is 37.4 Å². The van der Waals surface area contributed by atoms with Crippen LogP contribution in [0.15, 0.2) is 47.3 Å². The van der Waals surface area contributed by atoms with Gasteiger partial charge >= 0.3 is 0 Å². The quantitative estimate of drug-likeness (QED) is 0.416. The van der Waals surface area contributed by atoms with Crippen molar-refractivity contribution in [3.63, 3.8) is 0 Å². The predicted octanol–water partition coefficient (Wildman–Crippen LogP) is 1.35. The standard InChI is InChI=1S/C22H23N9O3/c1-29(2)18(32)12-31-11-14(7-25-31)26-21-19(20(23)33)27-16(8-24-21)13-9-30(10-13)22-28-15-5-3-4-6-17(15)34-22/h3-8,11,13H,9-10,12H2,1-2H3,(H2,23,33)(H,24,26). The molecule has 2 amide bonds. The zero-order chi connectivity index (χ0) is 23.8. The minimum Gasteiger partial charge on any atom is -0.423 e. The minimum absolute atomic E-state index is 0.0370. The van der Waals surface area contributed by atoms with E-state index in [4.69, 9.17) is 10.2 Å². The molecule has 34 heavy (non-hydrogen) atoms. The lowest BCUT2D eigenvalue weighted by atomic mass is 9.97. The third-order valence-corrected chi connectivity index (χ3v) is 5.57. The SMILES string of the molecule is CN(C)C(=O)Cn1cc(Nc2ncc(C3CN(c4nc5ccccc5o4)C3)nc2C(N)=O)cn1. The van der Waals surface area contributed by atoms with E-state index in [2.05, 4.69) is 25.4 Å². The summed E-state index contributed by atoms with van der Waals surface area (Å²) in [6.07, 6.45) is 4.81. The molecule has 3 N–H and O–H groups in total. The molecule has 1 saturated heterocycles. The molecular weight excluding hydrogens is 438 g/mol. The van der Waals surface area contributed by atoms with Gasteiger partial charge in [0, 0.05) is 39.3 Å². The van der Waals surface area contributed by atoms with Gasteiger partial charge < -0.3 is 25.3 Å². The predicted molar refractivity (Wildman–Crippen MR) is 124 cm³/mol. The highest BCUT2D eigenvalue weighted by Gasteiger charge is 2.33. The number of aromatic nitrogens is 5. The minimum atomic E-state index is -0.692. The summed E-state index contributed by atoms with van der Waals surface area (Å²) in [6.45, 7) is 1.37. The molecule has 4 aromatic rings. The van der Waals surface area contributed by atoms with Crippen molar-refractivity contribution in [2.24, 2.45) is 5.73 Å². The van der Waals surface area contributed by atoms with Crippen molar-refractivity contribution >= 4 is 40.4 Å². The fourth-order valence-corrected chi connectivity index (χ4v) is 3.61. The summed E-state index contributed by atoms with van der Waals surface area (Å²) in [7, 11) is 3.35. The van der Waals surface area contributed by atoms with Gasteiger partial charge in [-0.2, -0.15) is 10.1 Å². The van der Waals surface area contributed by atoms with E-state index in [1.165, 1.54) is 15.8 Å². The number of hydrogen-bond acceptors (Lipinski definition) is 9. The Morgan fingerprint density at radius 1 is 1.21 bits per heavy atom. The number of likely N-dealkylation sites (N-methyl/N-ethyl adjacent to an activating group) is 1. The van der Waals surface area contributed by atoms with Gasteiger partial charge in [0.2, 0.25) is 5.91 Å². The van der Waals surface area contributed by atoms with E-state index in [9.17, 15) is 9.59 Å². The summed E-state index contributed by atoms with van der Waals surface area (Å²) in [5, 5.41) is 7.16. The molecule has 1 fully saturated rings. The Kier molecular flexibility index (Phi) is 5.32. The van der Waals surface area contributed by atoms with Crippen LogP contribution in [0.25, 0.3) is 11.1 Å². The summed E-state index contributed by atoms with van der Waals surface area (Å²) < 4.78 is 7.30. The van der Waals surface area contributed by atoms with Gasteiger partial charge in [0.1, 0.15) is 12.1 Å². The highest BCUT2D eigenvalue weighted by molar-refractivity contribution is 5.96. The molecule has 12 heteroatoms. The van der Waals surface area contributed by atoms with Crippen molar-refractivity contribution in [3.05, 3.63) is 54.2 Å². The molecular formula is C22H23N9O3. The molecule has 3 aromatic heterocycles. The summed E-state index contributed by atoms with van der Waals surface area (Å²) in [5.41, 5.74) is 8.38. The van der Waals surface area contributed by atoms with Crippen LogP contribution in [-0.4, -0.2) is 68.6 Å². The van der Waals surface area contributed by atoms with Crippen LogP contribution in [-0.2, 0) is 11.3 Å². The van der Waals surface area contributed by atoms with E-state index in [0.29, 0.717) is 30.5 Å². The van der Waals surface area contributed by atoms with Crippen LogP contribution in [0.2, 0.25) is 0 Å².